The molecule has 2 aromatic rings. The molecule has 3 rings (SSSR count). The van der Waals surface area contributed by atoms with Gasteiger partial charge in [0.1, 0.15) is 17.8 Å². The van der Waals surface area contributed by atoms with Crippen LogP contribution in [0.3, 0.4) is 0 Å². The number of aryl methyl sites for hydroxylation is 2. The summed E-state index contributed by atoms with van der Waals surface area (Å²) in [5.74, 6) is 1.01. The van der Waals surface area contributed by atoms with Crippen LogP contribution in [0.2, 0.25) is 0 Å². The molecule has 1 saturated heterocycles. The van der Waals surface area contributed by atoms with E-state index in [0.29, 0.717) is 42.2 Å². The molecule has 2 amide bonds. The van der Waals surface area contributed by atoms with Gasteiger partial charge in [-0.1, -0.05) is 23.8 Å². The number of nitriles is 1. The van der Waals surface area contributed by atoms with Crippen molar-refractivity contribution >= 4 is 11.8 Å². The van der Waals surface area contributed by atoms with Crippen LogP contribution in [0.15, 0.2) is 36.4 Å². The van der Waals surface area contributed by atoms with Gasteiger partial charge in [-0.15, -0.1) is 0 Å². The van der Waals surface area contributed by atoms with E-state index in [1.807, 2.05) is 32.0 Å². The van der Waals surface area contributed by atoms with Crippen molar-refractivity contribution in [3.8, 4) is 23.3 Å². The van der Waals surface area contributed by atoms with Crippen LogP contribution in [-0.2, 0) is 9.59 Å². The maximum Gasteiger partial charge on any atom is 0.261 e. The summed E-state index contributed by atoms with van der Waals surface area (Å²) in [4.78, 5) is 27.3. The first-order chi connectivity index (χ1) is 15.9. The molecule has 0 saturated carbocycles. The smallest absolute Gasteiger partial charge is 0.261 e. The summed E-state index contributed by atoms with van der Waals surface area (Å²) in [5, 5.41) is 12.4. The van der Waals surface area contributed by atoms with E-state index in [4.69, 9.17) is 14.2 Å². The zero-order valence-electron chi connectivity index (χ0n) is 19.4. The number of hydrogen-bond donors (Lipinski definition) is 1. The van der Waals surface area contributed by atoms with Crippen LogP contribution < -0.4 is 19.5 Å². The first-order valence-electron chi connectivity index (χ1n) is 10.8. The first kappa shape index (κ1) is 23.9. The van der Waals surface area contributed by atoms with Crippen LogP contribution in [0.1, 0.15) is 35.6 Å². The average Bonchev–Trinajstić information content (AvgIpc) is 3.31. The highest BCUT2D eigenvalue weighted by molar-refractivity contribution is 5.89. The molecule has 174 valence electrons. The van der Waals surface area contributed by atoms with Gasteiger partial charge in [-0.25, -0.2) is 0 Å². The highest BCUT2D eigenvalue weighted by Crippen LogP contribution is 2.30. The lowest BCUT2D eigenvalue weighted by atomic mass is 10.1. The number of rotatable bonds is 8. The SMILES string of the molecule is COc1ccc(C(C#N)NC(=O)[C@@H]2CCCN2C(=O)COc2ccc(C)cc2C)cc1OC. The Morgan fingerprint density at radius 1 is 1.12 bits per heavy atom. The van der Waals surface area contributed by atoms with Gasteiger partial charge < -0.3 is 24.4 Å². The second kappa shape index (κ2) is 10.7. The van der Waals surface area contributed by atoms with Crippen molar-refractivity contribution in [3.63, 3.8) is 0 Å². The highest BCUT2D eigenvalue weighted by atomic mass is 16.5. The average molecular weight is 452 g/mol. The van der Waals surface area contributed by atoms with E-state index in [1.54, 1.807) is 18.2 Å². The maximum absolute atomic E-state index is 13.0. The van der Waals surface area contributed by atoms with Gasteiger partial charge in [-0.3, -0.25) is 9.59 Å². The molecule has 1 unspecified atom stereocenters. The van der Waals surface area contributed by atoms with E-state index < -0.39 is 12.1 Å². The summed E-state index contributed by atoms with van der Waals surface area (Å²) in [6.45, 7) is 4.24. The Morgan fingerprint density at radius 3 is 2.52 bits per heavy atom. The molecule has 8 nitrogen and oxygen atoms in total. The largest absolute Gasteiger partial charge is 0.493 e. The summed E-state index contributed by atoms with van der Waals surface area (Å²) in [5.41, 5.74) is 2.63. The second-order valence-corrected chi connectivity index (χ2v) is 7.99. The molecule has 1 aliphatic rings. The Labute approximate surface area is 194 Å². The highest BCUT2D eigenvalue weighted by Gasteiger charge is 2.35. The molecule has 1 heterocycles. The number of methoxy groups -OCH3 is 2. The van der Waals surface area contributed by atoms with Gasteiger partial charge in [0.15, 0.2) is 18.1 Å². The number of likely N-dealkylation sites (tertiary alicyclic amines) is 1. The maximum atomic E-state index is 13.0. The molecule has 2 aromatic carbocycles. The van der Waals surface area contributed by atoms with Gasteiger partial charge in [-0.2, -0.15) is 5.26 Å². The normalized spacial score (nSPS) is 16.0. The van der Waals surface area contributed by atoms with Gasteiger partial charge in [0.25, 0.3) is 5.91 Å². The molecule has 0 radical (unpaired) electrons. The summed E-state index contributed by atoms with van der Waals surface area (Å²) in [6, 6.07) is 11.4. The number of carbonyl (C=O) groups is 2. The van der Waals surface area contributed by atoms with Gasteiger partial charge >= 0.3 is 0 Å². The van der Waals surface area contributed by atoms with E-state index in [9.17, 15) is 14.9 Å². The third-order valence-electron chi connectivity index (χ3n) is 5.71. The Kier molecular flexibility index (Phi) is 7.78. The molecule has 0 aromatic heterocycles. The van der Waals surface area contributed by atoms with Crippen molar-refractivity contribution in [1.29, 1.82) is 5.26 Å². The predicted molar refractivity (Wildman–Crippen MR) is 122 cm³/mol. The lowest BCUT2D eigenvalue weighted by Crippen LogP contribution is -2.48. The van der Waals surface area contributed by atoms with Crippen molar-refractivity contribution in [2.75, 3.05) is 27.4 Å². The van der Waals surface area contributed by atoms with Crippen LogP contribution >= 0.6 is 0 Å². The Hall–Kier alpha value is -3.73. The number of benzene rings is 2. The lowest BCUT2D eigenvalue weighted by molar-refractivity contribution is -0.140. The second-order valence-electron chi connectivity index (χ2n) is 7.99. The third kappa shape index (κ3) is 5.55. The molecule has 1 fully saturated rings. The molecule has 1 N–H and O–H groups in total. The van der Waals surface area contributed by atoms with E-state index in [0.717, 1.165) is 11.1 Å². The summed E-state index contributed by atoms with van der Waals surface area (Å²) in [7, 11) is 3.03. The van der Waals surface area contributed by atoms with Crippen molar-refractivity contribution in [1.82, 2.24) is 10.2 Å². The van der Waals surface area contributed by atoms with Crippen LogP contribution in [0.4, 0.5) is 0 Å². The first-order valence-corrected chi connectivity index (χ1v) is 10.8. The predicted octanol–water partition coefficient (Wildman–Crippen LogP) is 3.07. The fraction of sp³-hybridized carbons (Fsp3) is 0.400. The number of nitrogens with one attached hydrogen (secondary N) is 1. The van der Waals surface area contributed by atoms with E-state index in [-0.39, 0.29) is 18.4 Å². The van der Waals surface area contributed by atoms with Gasteiger partial charge in [0, 0.05) is 6.54 Å². The van der Waals surface area contributed by atoms with E-state index >= 15 is 0 Å². The summed E-state index contributed by atoms with van der Waals surface area (Å²) >= 11 is 0. The fourth-order valence-corrected chi connectivity index (χ4v) is 3.98. The Balaban J connectivity index is 1.65. The number of ether oxygens (including phenoxy) is 3. The fourth-order valence-electron chi connectivity index (χ4n) is 3.98. The van der Waals surface area contributed by atoms with Gasteiger partial charge in [0.2, 0.25) is 5.91 Å². The zero-order chi connectivity index (χ0) is 24.0. The van der Waals surface area contributed by atoms with E-state index in [2.05, 4.69) is 11.4 Å². The lowest BCUT2D eigenvalue weighted by Gasteiger charge is -2.25. The van der Waals surface area contributed by atoms with Gasteiger partial charge in [-0.05, 0) is 56.0 Å². The number of amides is 2. The van der Waals surface area contributed by atoms with Crippen LogP contribution in [0.25, 0.3) is 0 Å². The minimum atomic E-state index is -0.888. The molecule has 0 aliphatic carbocycles. The van der Waals surface area contributed by atoms with Crippen molar-refractivity contribution < 1.29 is 23.8 Å². The monoisotopic (exact) mass is 451 g/mol. The molecule has 8 heteroatoms. The molecule has 33 heavy (non-hydrogen) atoms. The molecule has 2 atom stereocenters. The van der Waals surface area contributed by atoms with Gasteiger partial charge in [0.05, 0.1) is 20.3 Å². The van der Waals surface area contributed by atoms with Crippen molar-refractivity contribution in [2.45, 2.75) is 38.8 Å². The molecular formula is C25H29N3O5. The quantitative estimate of drug-likeness (QED) is 0.662. The molecular weight excluding hydrogens is 422 g/mol. The minimum absolute atomic E-state index is 0.148. The number of carbonyl (C=O) groups excluding carboxylic acids is 2. The number of hydrogen-bond acceptors (Lipinski definition) is 6. The van der Waals surface area contributed by atoms with Crippen molar-refractivity contribution in [3.05, 3.63) is 53.1 Å². The molecule has 0 spiro atoms. The van der Waals surface area contributed by atoms with Crippen LogP contribution in [0.5, 0.6) is 17.2 Å². The summed E-state index contributed by atoms with van der Waals surface area (Å²) < 4.78 is 16.2. The topological polar surface area (TPSA) is 101 Å². The zero-order valence-corrected chi connectivity index (χ0v) is 19.4. The van der Waals surface area contributed by atoms with Crippen molar-refractivity contribution in [2.24, 2.45) is 0 Å². The molecule has 0 bridgehead atoms. The molecule has 1 aliphatic heterocycles. The van der Waals surface area contributed by atoms with E-state index in [1.165, 1.54) is 19.1 Å². The number of nitrogens with zero attached hydrogens (tertiary/aromatic N) is 2. The Bertz CT molecular complexity index is 1060. The third-order valence-corrected chi connectivity index (χ3v) is 5.71. The Morgan fingerprint density at radius 2 is 1.85 bits per heavy atom. The van der Waals surface area contributed by atoms with Crippen LogP contribution in [0, 0.1) is 25.2 Å². The summed E-state index contributed by atoms with van der Waals surface area (Å²) in [6.07, 6.45) is 1.24. The minimum Gasteiger partial charge on any atom is -0.493 e. The van der Waals surface area contributed by atoms with Crippen LogP contribution in [-0.4, -0.2) is 50.1 Å². The standard InChI is InChI=1S/C25H29N3O5/c1-16-7-9-21(17(2)12-16)33-15-24(29)28-11-5-6-20(28)25(30)27-19(14-26)18-8-10-22(31-3)23(13-18)32-4/h7-10,12-13,19-20H,5-6,11,15H2,1-4H3,(H,27,30)/t19?,20-/m0/s1.